The van der Waals surface area contributed by atoms with Crippen molar-refractivity contribution in [3.05, 3.63) is 40.3 Å². The van der Waals surface area contributed by atoms with Gasteiger partial charge in [-0.2, -0.15) is 5.10 Å². The molecule has 0 radical (unpaired) electrons. The lowest BCUT2D eigenvalue weighted by atomic mass is 10.1. The van der Waals surface area contributed by atoms with Crippen molar-refractivity contribution in [2.75, 3.05) is 27.2 Å². The van der Waals surface area contributed by atoms with Gasteiger partial charge < -0.3 is 15.0 Å². The monoisotopic (exact) mass is 388 g/mol. The van der Waals surface area contributed by atoms with E-state index in [1.54, 1.807) is 38.4 Å². The van der Waals surface area contributed by atoms with Crippen molar-refractivity contribution in [2.24, 2.45) is 0 Å². The minimum Gasteiger partial charge on any atom is -0.451 e. The minimum atomic E-state index is -0.810. The summed E-state index contributed by atoms with van der Waals surface area (Å²) in [6, 6.07) is 6.63. The van der Waals surface area contributed by atoms with Crippen molar-refractivity contribution in [1.82, 2.24) is 20.0 Å². The van der Waals surface area contributed by atoms with Crippen molar-refractivity contribution >= 4 is 28.6 Å². The molecule has 0 spiro atoms. The third kappa shape index (κ3) is 5.15. The predicted octanol–water partition coefficient (Wildman–Crippen LogP) is 0.558. The van der Waals surface area contributed by atoms with Crippen LogP contribution < -0.4 is 10.9 Å². The highest BCUT2D eigenvalue weighted by atomic mass is 16.5. The standard InChI is InChI=1S/C19H24N4O5/c1-4-5-10-23-18(26)14-9-7-6-8-13(14)17(21-23)19(27)28-12-15(24)20-11-16(25)22(2)3/h6-9H,4-5,10-12H2,1-3H3,(H,20,24). The van der Waals surface area contributed by atoms with E-state index in [9.17, 15) is 19.2 Å². The van der Waals surface area contributed by atoms with Crippen LogP contribution in [0.5, 0.6) is 0 Å². The molecule has 0 saturated carbocycles. The van der Waals surface area contributed by atoms with Crippen LogP contribution in [0.25, 0.3) is 10.8 Å². The maximum Gasteiger partial charge on any atom is 0.359 e. The molecule has 1 N–H and O–H groups in total. The number of hydrogen-bond donors (Lipinski definition) is 1. The second-order valence-corrected chi connectivity index (χ2v) is 6.42. The van der Waals surface area contributed by atoms with E-state index in [0.717, 1.165) is 12.8 Å². The molecule has 9 heteroatoms. The number of ether oxygens (including phenoxy) is 1. The van der Waals surface area contributed by atoms with Crippen molar-refractivity contribution in [3.63, 3.8) is 0 Å². The third-order valence-corrected chi connectivity index (χ3v) is 4.05. The van der Waals surface area contributed by atoms with Crippen molar-refractivity contribution < 1.29 is 19.1 Å². The number of esters is 1. The number of rotatable bonds is 8. The van der Waals surface area contributed by atoms with Gasteiger partial charge in [0.1, 0.15) is 0 Å². The van der Waals surface area contributed by atoms with E-state index < -0.39 is 18.5 Å². The number of hydrogen-bond acceptors (Lipinski definition) is 6. The van der Waals surface area contributed by atoms with Gasteiger partial charge in [-0.1, -0.05) is 31.5 Å². The molecular formula is C19H24N4O5. The summed E-state index contributed by atoms with van der Waals surface area (Å²) in [6.07, 6.45) is 1.61. The number of aryl methyl sites for hydroxylation is 1. The molecule has 2 rings (SSSR count). The highest BCUT2D eigenvalue weighted by Crippen LogP contribution is 2.14. The van der Waals surface area contributed by atoms with Gasteiger partial charge in [0.05, 0.1) is 11.9 Å². The SMILES string of the molecule is CCCCn1nc(C(=O)OCC(=O)NCC(=O)N(C)C)c2ccccc2c1=O. The predicted molar refractivity (Wildman–Crippen MR) is 103 cm³/mol. The summed E-state index contributed by atoms with van der Waals surface area (Å²) in [7, 11) is 3.14. The first-order chi connectivity index (χ1) is 13.3. The Balaban J connectivity index is 2.16. The molecule has 1 heterocycles. The van der Waals surface area contributed by atoms with Gasteiger partial charge in [0.2, 0.25) is 5.91 Å². The molecule has 9 nitrogen and oxygen atoms in total. The Hall–Kier alpha value is -3.23. The highest BCUT2D eigenvalue weighted by molar-refractivity contribution is 6.02. The van der Waals surface area contributed by atoms with E-state index in [-0.39, 0.29) is 23.7 Å². The Kier molecular flexibility index (Phi) is 7.25. The molecule has 0 bridgehead atoms. The summed E-state index contributed by atoms with van der Waals surface area (Å²) >= 11 is 0. The second kappa shape index (κ2) is 9.63. The molecule has 2 aromatic rings. The van der Waals surface area contributed by atoms with Crippen LogP contribution in [0.15, 0.2) is 29.1 Å². The lowest BCUT2D eigenvalue weighted by Crippen LogP contribution is -2.38. The molecular weight excluding hydrogens is 364 g/mol. The average molecular weight is 388 g/mol. The molecule has 1 aromatic heterocycles. The fraction of sp³-hybridized carbons (Fsp3) is 0.421. The van der Waals surface area contributed by atoms with Crippen LogP contribution >= 0.6 is 0 Å². The van der Waals surface area contributed by atoms with Crippen LogP contribution in [0.2, 0.25) is 0 Å². The van der Waals surface area contributed by atoms with Crippen molar-refractivity contribution in [2.45, 2.75) is 26.3 Å². The number of nitrogens with one attached hydrogen (secondary N) is 1. The summed E-state index contributed by atoms with van der Waals surface area (Å²) in [5.41, 5.74) is -0.302. The van der Waals surface area contributed by atoms with Crippen LogP contribution in [0.1, 0.15) is 30.3 Å². The van der Waals surface area contributed by atoms with E-state index in [2.05, 4.69) is 10.4 Å². The van der Waals surface area contributed by atoms with Gasteiger partial charge in [-0.05, 0) is 12.5 Å². The Labute approximate surface area is 162 Å². The normalized spacial score (nSPS) is 10.5. The van der Waals surface area contributed by atoms with Gasteiger partial charge >= 0.3 is 5.97 Å². The number of likely N-dealkylation sites (N-methyl/N-ethyl adjacent to an activating group) is 1. The van der Waals surface area contributed by atoms with Gasteiger partial charge in [-0.3, -0.25) is 14.4 Å². The molecule has 0 aliphatic carbocycles. The largest absolute Gasteiger partial charge is 0.451 e. The molecule has 0 saturated heterocycles. The minimum absolute atomic E-state index is 0.0246. The molecule has 0 aliphatic rings. The topological polar surface area (TPSA) is 111 Å². The number of carbonyl (C=O) groups is 3. The second-order valence-electron chi connectivity index (χ2n) is 6.42. The number of fused-ring (bicyclic) bond motifs is 1. The van der Waals surface area contributed by atoms with Gasteiger partial charge in [0.15, 0.2) is 12.3 Å². The summed E-state index contributed by atoms with van der Waals surface area (Å²) in [6.45, 7) is 1.63. The first-order valence-electron chi connectivity index (χ1n) is 8.99. The van der Waals surface area contributed by atoms with E-state index >= 15 is 0 Å². The summed E-state index contributed by atoms with van der Waals surface area (Å²) in [5.74, 6) is -1.70. The lowest BCUT2D eigenvalue weighted by Gasteiger charge is -2.12. The quantitative estimate of drug-likeness (QED) is 0.662. The first-order valence-corrected chi connectivity index (χ1v) is 8.99. The van der Waals surface area contributed by atoms with E-state index in [1.165, 1.54) is 9.58 Å². The number of aromatic nitrogens is 2. The number of carbonyl (C=O) groups excluding carboxylic acids is 3. The molecule has 0 fully saturated rings. The van der Waals surface area contributed by atoms with E-state index in [0.29, 0.717) is 17.3 Å². The fourth-order valence-electron chi connectivity index (χ4n) is 2.43. The van der Waals surface area contributed by atoms with Crippen LogP contribution in [0.3, 0.4) is 0 Å². The van der Waals surface area contributed by atoms with Crippen molar-refractivity contribution in [1.29, 1.82) is 0 Å². The zero-order valence-electron chi connectivity index (χ0n) is 16.2. The lowest BCUT2D eigenvalue weighted by molar-refractivity contribution is -0.131. The molecule has 2 amide bonds. The number of amides is 2. The van der Waals surface area contributed by atoms with E-state index in [1.807, 2.05) is 6.92 Å². The smallest absolute Gasteiger partial charge is 0.359 e. The van der Waals surface area contributed by atoms with Crippen molar-refractivity contribution in [3.8, 4) is 0 Å². The maximum atomic E-state index is 12.5. The average Bonchev–Trinajstić information content (AvgIpc) is 2.69. The van der Waals surface area contributed by atoms with Gasteiger partial charge in [0, 0.05) is 26.0 Å². The Bertz CT molecular complexity index is 936. The maximum absolute atomic E-state index is 12.5. The Morgan fingerprint density at radius 3 is 2.50 bits per heavy atom. The molecule has 28 heavy (non-hydrogen) atoms. The van der Waals surface area contributed by atoms with Crippen LogP contribution in [0.4, 0.5) is 0 Å². The third-order valence-electron chi connectivity index (χ3n) is 4.05. The molecule has 0 atom stereocenters. The molecule has 0 unspecified atom stereocenters. The summed E-state index contributed by atoms with van der Waals surface area (Å²) in [4.78, 5) is 49.6. The molecule has 1 aromatic carbocycles. The number of unbranched alkanes of at least 4 members (excludes halogenated alkanes) is 1. The zero-order valence-corrected chi connectivity index (χ0v) is 16.2. The van der Waals surface area contributed by atoms with E-state index in [4.69, 9.17) is 4.74 Å². The summed E-state index contributed by atoms with van der Waals surface area (Å²) < 4.78 is 6.28. The van der Waals surface area contributed by atoms with Crippen LogP contribution in [0, 0.1) is 0 Å². The Morgan fingerprint density at radius 2 is 1.86 bits per heavy atom. The Morgan fingerprint density at radius 1 is 1.18 bits per heavy atom. The van der Waals surface area contributed by atoms with Gasteiger partial charge in [-0.15, -0.1) is 0 Å². The highest BCUT2D eigenvalue weighted by Gasteiger charge is 2.19. The van der Waals surface area contributed by atoms with Gasteiger partial charge in [0.25, 0.3) is 11.5 Å². The number of nitrogens with zero attached hydrogens (tertiary/aromatic N) is 3. The molecule has 0 aliphatic heterocycles. The fourth-order valence-corrected chi connectivity index (χ4v) is 2.43. The molecule has 150 valence electrons. The summed E-state index contributed by atoms with van der Waals surface area (Å²) in [5, 5.41) is 7.26. The van der Waals surface area contributed by atoms with Gasteiger partial charge in [-0.25, -0.2) is 9.48 Å². The number of benzene rings is 1. The first kappa shape index (κ1) is 21.1. The van der Waals surface area contributed by atoms with Crippen LogP contribution in [-0.2, 0) is 20.9 Å². The van der Waals surface area contributed by atoms with Crippen LogP contribution in [-0.4, -0.2) is 59.7 Å². The zero-order chi connectivity index (χ0) is 20.7.